The van der Waals surface area contributed by atoms with E-state index in [9.17, 15) is 0 Å². The topological polar surface area (TPSA) is 35.2 Å². The first kappa shape index (κ1) is 11.2. The van der Waals surface area contributed by atoms with Gasteiger partial charge in [-0.15, -0.1) is 0 Å². The van der Waals surface area contributed by atoms with E-state index in [2.05, 4.69) is 18.2 Å². The molecule has 3 rings (SSSR count). The van der Waals surface area contributed by atoms with Gasteiger partial charge in [0, 0.05) is 0 Å². The van der Waals surface area contributed by atoms with Gasteiger partial charge in [0.1, 0.15) is 0 Å². The van der Waals surface area contributed by atoms with Crippen molar-refractivity contribution in [3.8, 4) is 0 Å². The zero-order chi connectivity index (χ0) is 11.7. The lowest BCUT2D eigenvalue weighted by molar-refractivity contribution is 0.110. The molecule has 0 spiro atoms. The zero-order valence-corrected chi connectivity index (χ0v) is 10.4. The molecule has 1 aromatic carbocycles. The molecule has 1 heterocycles. The third-order valence-corrected chi connectivity index (χ3v) is 4.53. The Morgan fingerprint density at radius 3 is 2.82 bits per heavy atom. The van der Waals surface area contributed by atoms with E-state index < -0.39 is 0 Å². The van der Waals surface area contributed by atoms with Gasteiger partial charge >= 0.3 is 0 Å². The number of hydrogen-bond acceptors (Lipinski definition) is 2. The second-order valence-corrected chi connectivity index (χ2v) is 5.46. The van der Waals surface area contributed by atoms with E-state index in [1.807, 2.05) is 0 Å². The summed E-state index contributed by atoms with van der Waals surface area (Å²) >= 11 is 0. The molecule has 2 nitrogen and oxygen atoms in total. The van der Waals surface area contributed by atoms with E-state index in [4.69, 9.17) is 10.5 Å². The van der Waals surface area contributed by atoms with Crippen LogP contribution in [0.2, 0.25) is 0 Å². The third kappa shape index (κ3) is 1.90. The van der Waals surface area contributed by atoms with Gasteiger partial charge in [-0.3, -0.25) is 0 Å². The van der Waals surface area contributed by atoms with Crippen LogP contribution in [0.1, 0.15) is 42.4 Å². The first-order chi connectivity index (χ1) is 8.34. The minimum absolute atomic E-state index is 0.405. The molecule has 1 aromatic rings. The molecule has 1 fully saturated rings. The number of benzene rings is 1. The maximum absolute atomic E-state index is 5.78. The largest absolute Gasteiger partial charge is 0.376 e. The Bertz CT molecular complexity index is 409. The van der Waals surface area contributed by atoms with Crippen LogP contribution in [0.15, 0.2) is 18.2 Å². The summed E-state index contributed by atoms with van der Waals surface area (Å²) in [6, 6.07) is 7.00. The Kier molecular flexibility index (Phi) is 2.93. The molecule has 0 unspecified atom stereocenters. The van der Waals surface area contributed by atoms with E-state index >= 15 is 0 Å². The summed E-state index contributed by atoms with van der Waals surface area (Å²) in [5, 5.41) is 0. The fourth-order valence-electron chi connectivity index (χ4n) is 3.26. The molecule has 17 heavy (non-hydrogen) atoms. The van der Waals surface area contributed by atoms with Crippen LogP contribution in [0.5, 0.6) is 0 Å². The van der Waals surface area contributed by atoms with Gasteiger partial charge < -0.3 is 10.5 Å². The second-order valence-electron chi connectivity index (χ2n) is 5.46. The van der Waals surface area contributed by atoms with Crippen LogP contribution in [0.3, 0.4) is 0 Å². The van der Waals surface area contributed by atoms with Crippen LogP contribution >= 0.6 is 0 Å². The summed E-state index contributed by atoms with van der Waals surface area (Å²) in [4.78, 5) is 0. The van der Waals surface area contributed by atoms with Gasteiger partial charge in [0.2, 0.25) is 0 Å². The lowest BCUT2D eigenvalue weighted by Crippen LogP contribution is -2.36. The zero-order valence-electron chi connectivity index (χ0n) is 10.4. The molecule has 2 heteroatoms. The van der Waals surface area contributed by atoms with Crippen LogP contribution in [-0.4, -0.2) is 13.2 Å². The minimum atomic E-state index is 0.405. The van der Waals surface area contributed by atoms with Crippen molar-refractivity contribution in [1.29, 1.82) is 0 Å². The van der Waals surface area contributed by atoms with Crippen LogP contribution < -0.4 is 5.73 Å². The lowest BCUT2D eigenvalue weighted by Gasteiger charge is -2.43. The molecule has 2 N–H and O–H groups in total. The quantitative estimate of drug-likeness (QED) is 0.867. The Morgan fingerprint density at radius 2 is 2.12 bits per heavy atom. The third-order valence-electron chi connectivity index (χ3n) is 4.53. The molecule has 0 amide bonds. The minimum Gasteiger partial charge on any atom is -0.376 e. The maximum Gasteiger partial charge on any atom is 0.0719 e. The van der Waals surface area contributed by atoms with Gasteiger partial charge in [0.25, 0.3) is 0 Å². The Hall–Kier alpha value is -0.860. The van der Waals surface area contributed by atoms with Crippen molar-refractivity contribution in [3.05, 3.63) is 34.9 Å². The highest BCUT2D eigenvalue weighted by molar-refractivity contribution is 5.38. The van der Waals surface area contributed by atoms with Crippen LogP contribution in [0, 0.1) is 0 Å². The van der Waals surface area contributed by atoms with Crippen molar-refractivity contribution in [1.82, 2.24) is 0 Å². The molecule has 2 aliphatic rings. The molecule has 1 aliphatic heterocycles. The number of ether oxygens (including phenoxy) is 1. The standard InChI is InChI=1S/C15H21NO/c16-8-7-15(5-1-6-15)14-3-2-13-11-17-9-4-12(13)10-14/h2-3,10H,1,4-9,11,16H2. The van der Waals surface area contributed by atoms with Crippen LogP contribution in [0.25, 0.3) is 0 Å². The number of nitrogens with two attached hydrogens (primary N) is 1. The predicted molar refractivity (Wildman–Crippen MR) is 69.0 cm³/mol. The van der Waals surface area contributed by atoms with Crippen molar-refractivity contribution in [2.24, 2.45) is 5.73 Å². The van der Waals surface area contributed by atoms with Crippen molar-refractivity contribution in [2.75, 3.05) is 13.2 Å². The summed E-state index contributed by atoms with van der Waals surface area (Å²) < 4.78 is 5.49. The molecule has 0 radical (unpaired) electrons. The number of hydrogen-bond donors (Lipinski definition) is 1. The Labute approximate surface area is 103 Å². The van der Waals surface area contributed by atoms with Gasteiger partial charge in [-0.25, -0.2) is 0 Å². The molecular formula is C15H21NO. The molecule has 92 valence electrons. The van der Waals surface area contributed by atoms with Crippen LogP contribution in [-0.2, 0) is 23.2 Å². The van der Waals surface area contributed by atoms with Gasteiger partial charge in [0.15, 0.2) is 0 Å². The van der Waals surface area contributed by atoms with E-state index in [0.717, 1.165) is 32.6 Å². The molecule has 1 saturated carbocycles. The summed E-state index contributed by atoms with van der Waals surface area (Å²) in [7, 11) is 0. The molecule has 0 aromatic heterocycles. The number of rotatable bonds is 3. The first-order valence-corrected chi connectivity index (χ1v) is 6.74. The summed E-state index contributed by atoms with van der Waals surface area (Å²) in [6.45, 7) is 2.47. The van der Waals surface area contributed by atoms with Crippen molar-refractivity contribution in [3.63, 3.8) is 0 Å². The highest BCUT2D eigenvalue weighted by atomic mass is 16.5. The fourth-order valence-corrected chi connectivity index (χ4v) is 3.26. The molecular weight excluding hydrogens is 210 g/mol. The highest BCUT2D eigenvalue weighted by Gasteiger charge is 2.37. The smallest absolute Gasteiger partial charge is 0.0719 e. The normalized spacial score (nSPS) is 21.7. The molecule has 0 atom stereocenters. The van der Waals surface area contributed by atoms with Gasteiger partial charge in [-0.2, -0.15) is 0 Å². The van der Waals surface area contributed by atoms with Crippen molar-refractivity contribution < 1.29 is 4.74 Å². The van der Waals surface area contributed by atoms with Crippen molar-refractivity contribution in [2.45, 2.75) is 44.1 Å². The highest BCUT2D eigenvalue weighted by Crippen LogP contribution is 2.46. The maximum atomic E-state index is 5.78. The summed E-state index contributed by atoms with van der Waals surface area (Å²) in [5.41, 5.74) is 10.6. The lowest BCUT2D eigenvalue weighted by atomic mass is 9.62. The van der Waals surface area contributed by atoms with Crippen molar-refractivity contribution >= 4 is 0 Å². The van der Waals surface area contributed by atoms with E-state index in [1.54, 1.807) is 0 Å². The molecule has 0 saturated heterocycles. The van der Waals surface area contributed by atoms with Gasteiger partial charge in [0.05, 0.1) is 13.2 Å². The van der Waals surface area contributed by atoms with E-state index in [1.165, 1.54) is 36.0 Å². The average molecular weight is 231 g/mol. The van der Waals surface area contributed by atoms with E-state index in [0.29, 0.717) is 5.41 Å². The number of fused-ring (bicyclic) bond motifs is 1. The monoisotopic (exact) mass is 231 g/mol. The van der Waals surface area contributed by atoms with E-state index in [-0.39, 0.29) is 0 Å². The summed E-state index contributed by atoms with van der Waals surface area (Å²) in [6.07, 6.45) is 6.21. The average Bonchev–Trinajstić information content (AvgIpc) is 2.33. The van der Waals surface area contributed by atoms with Gasteiger partial charge in [-0.1, -0.05) is 24.6 Å². The van der Waals surface area contributed by atoms with Crippen LogP contribution in [0.4, 0.5) is 0 Å². The molecule has 0 bridgehead atoms. The molecule has 1 aliphatic carbocycles. The fraction of sp³-hybridized carbons (Fsp3) is 0.600. The van der Waals surface area contributed by atoms with Gasteiger partial charge in [-0.05, 0) is 54.3 Å². The SMILES string of the molecule is NCCC1(c2ccc3c(c2)CCOC3)CCC1. The second kappa shape index (κ2) is 4.43. The predicted octanol–water partition coefficient (Wildman–Crippen LogP) is 2.53. The Balaban J connectivity index is 1.92. The Morgan fingerprint density at radius 1 is 1.24 bits per heavy atom. The summed E-state index contributed by atoms with van der Waals surface area (Å²) in [5.74, 6) is 0. The first-order valence-electron chi connectivity index (χ1n) is 6.74.